The molecule has 0 radical (unpaired) electrons. The summed E-state index contributed by atoms with van der Waals surface area (Å²) in [6, 6.07) is 0. The Morgan fingerprint density at radius 3 is 1.58 bits per heavy atom. The smallest absolute Gasteiger partial charge is 0.157 e. The molecule has 13 heteroatoms. The third kappa shape index (κ3) is 11.9. The highest BCUT2D eigenvalue weighted by Gasteiger charge is 2.65. The van der Waals surface area contributed by atoms with E-state index in [4.69, 9.17) is 18.9 Å². The van der Waals surface area contributed by atoms with Gasteiger partial charge in [0.25, 0.3) is 0 Å². The lowest BCUT2D eigenvalue weighted by Crippen LogP contribution is -2.58. The number of aromatic amines is 1. The molecule has 0 amide bonds. The summed E-state index contributed by atoms with van der Waals surface area (Å²) in [5.74, 6) is 7.91. The Bertz CT molecular complexity index is 2090. The molecule has 16 atom stereocenters. The van der Waals surface area contributed by atoms with Crippen LogP contribution in [0, 0.1) is 80.8 Å². The number of aromatic nitrogens is 4. The van der Waals surface area contributed by atoms with Crippen molar-refractivity contribution in [2.75, 3.05) is 32.8 Å². The molecule has 10 rings (SSSR count). The van der Waals surface area contributed by atoms with Crippen molar-refractivity contribution in [3.05, 3.63) is 24.8 Å². The molecule has 0 saturated heterocycles. The molecular formula is C60H101BrN4O8. The number of rotatable bonds is 13. The van der Waals surface area contributed by atoms with Gasteiger partial charge in [0, 0.05) is 26.1 Å². The van der Waals surface area contributed by atoms with E-state index < -0.39 is 11.2 Å². The van der Waals surface area contributed by atoms with E-state index in [-0.39, 0.29) is 60.6 Å². The molecule has 12 nitrogen and oxygen atoms in total. The summed E-state index contributed by atoms with van der Waals surface area (Å²) in [5.41, 5.74) is -0.296. The van der Waals surface area contributed by atoms with Crippen LogP contribution in [-0.2, 0) is 25.6 Å². The van der Waals surface area contributed by atoms with Crippen LogP contribution in [0.5, 0.6) is 11.5 Å². The standard InChI is InChI=1S/C29H46N2O4.C23H37BrO3.C6H10N2O.2CH4/c1-19(2)35-21-15-30-31(16-21)17-26(32)25-9-8-23-22-7-6-20-14-27(3,33)12-13-29(20,18-34-5)24(22)10-11-28(23,25)4;1-21(26)10-11-23(14-27-3)15(12-21)4-5-16-17-6-7-19(20(25)13-24)22(17,2)9-8-18(16)23;1-5(2)9-6-3-7-8-4-6;;/h15-16,19-20,22-25,33H,6-14,17-18H2,1-5H3;15-19,26H,4-14H2,1-3H3;3-5H,1-2H3,(H,7,8);2*1H4/t20-,22-,23-,24-,25+,27+,28-,29+;15-,16-,17-,18-,19+,21+,22-,23+;;;/m00.../s1. The van der Waals surface area contributed by atoms with E-state index in [1.54, 1.807) is 23.3 Å². The number of hydrogen-bond donors (Lipinski definition) is 3. The molecule has 2 aromatic heterocycles. The summed E-state index contributed by atoms with van der Waals surface area (Å²) >= 11 is 3.43. The summed E-state index contributed by atoms with van der Waals surface area (Å²) in [6.07, 6.45) is 27.3. The number of halogens is 1. The van der Waals surface area contributed by atoms with Crippen molar-refractivity contribution >= 4 is 27.5 Å². The van der Waals surface area contributed by atoms with Crippen LogP contribution >= 0.6 is 15.9 Å². The summed E-state index contributed by atoms with van der Waals surface area (Å²) in [5, 5.41) is 32.9. The fourth-order valence-corrected chi connectivity index (χ4v) is 18.7. The Morgan fingerprint density at radius 1 is 0.658 bits per heavy atom. The molecule has 0 unspecified atom stereocenters. The monoisotopic (exact) mass is 1080 g/mol. The van der Waals surface area contributed by atoms with Gasteiger partial charge in [-0.2, -0.15) is 10.2 Å². The summed E-state index contributed by atoms with van der Waals surface area (Å²) in [4.78, 5) is 26.2. The summed E-state index contributed by atoms with van der Waals surface area (Å²) in [7, 11) is 3.71. The van der Waals surface area contributed by atoms with Crippen molar-refractivity contribution in [1.82, 2.24) is 20.0 Å². The fourth-order valence-electron chi connectivity index (χ4n) is 18.3. The van der Waals surface area contributed by atoms with Crippen molar-refractivity contribution in [1.29, 1.82) is 0 Å². The quantitative estimate of drug-likeness (QED) is 0.165. The lowest BCUT2D eigenvalue weighted by molar-refractivity contribution is -0.175. The number of H-pyrrole nitrogens is 1. The van der Waals surface area contributed by atoms with Gasteiger partial charge in [-0.3, -0.25) is 19.4 Å². The molecule has 8 aliphatic rings. The topological polar surface area (TPSA) is 158 Å². The number of aliphatic hydroxyl groups is 2. The van der Waals surface area contributed by atoms with Gasteiger partial charge in [0.1, 0.15) is 5.78 Å². The number of carbonyl (C=O) groups excluding carboxylic acids is 2. The first kappa shape index (κ1) is 59.9. The van der Waals surface area contributed by atoms with E-state index in [1.165, 1.54) is 57.8 Å². The van der Waals surface area contributed by atoms with Crippen molar-refractivity contribution < 1.29 is 38.7 Å². The van der Waals surface area contributed by atoms with Crippen molar-refractivity contribution in [2.45, 2.75) is 216 Å². The van der Waals surface area contributed by atoms with E-state index in [1.807, 2.05) is 62.0 Å². The largest absolute Gasteiger partial charge is 0.488 e. The minimum atomic E-state index is -0.532. The predicted octanol–water partition coefficient (Wildman–Crippen LogP) is 12.7. The molecule has 2 aromatic rings. The number of Topliss-reactive ketones (excluding diaryl/α,β-unsaturated/α-hetero) is 2. The van der Waals surface area contributed by atoms with E-state index in [9.17, 15) is 19.8 Å². The van der Waals surface area contributed by atoms with Gasteiger partial charge in [-0.05, 0) is 226 Å². The van der Waals surface area contributed by atoms with Crippen LogP contribution in [0.2, 0.25) is 0 Å². The van der Waals surface area contributed by atoms with Gasteiger partial charge >= 0.3 is 0 Å². The number of carbonyl (C=O) groups is 2. The molecule has 8 saturated carbocycles. The number of ether oxygens (including phenoxy) is 4. The second kappa shape index (κ2) is 23.7. The number of methoxy groups -OCH3 is 2. The molecule has 0 aliphatic heterocycles. The highest BCUT2D eigenvalue weighted by atomic mass is 79.9. The van der Waals surface area contributed by atoms with E-state index in [0.29, 0.717) is 64.9 Å². The molecule has 416 valence electrons. The molecule has 8 fully saturated rings. The van der Waals surface area contributed by atoms with Gasteiger partial charge in [0.05, 0.1) is 73.3 Å². The lowest BCUT2D eigenvalue weighted by Gasteiger charge is -2.62. The molecule has 73 heavy (non-hydrogen) atoms. The SMILES string of the molecule is C.C.CC(C)Oc1cn[nH]c1.COC[C@]12CC[C@@](C)(O)C[C@@H]1CC[C@H]1[C@@H]3CC[C@H](C(=O)CBr)[C@@]3(C)CC[C@@H]12.COC[C@]12CC[C@@](C)(O)C[C@@H]1CC[C@H]1[C@@H]3CC[C@H](C(=O)Cn4cc(OC(C)C)cn4)[C@@]3(C)CC[C@@H]12. The first-order valence-corrected chi connectivity index (χ1v) is 29.1. The van der Waals surface area contributed by atoms with E-state index >= 15 is 0 Å². The van der Waals surface area contributed by atoms with Crippen LogP contribution in [-0.4, -0.2) is 97.9 Å². The zero-order valence-electron chi connectivity index (χ0n) is 45.4. The van der Waals surface area contributed by atoms with E-state index in [2.05, 4.69) is 45.1 Å². The highest BCUT2D eigenvalue weighted by Crippen LogP contribution is 2.70. The van der Waals surface area contributed by atoms with Crippen LogP contribution in [0.3, 0.4) is 0 Å². The number of nitrogens with one attached hydrogen (secondary N) is 1. The number of alkyl halides is 1. The third-order valence-corrected chi connectivity index (χ3v) is 21.7. The zero-order chi connectivity index (χ0) is 51.1. The van der Waals surface area contributed by atoms with Crippen LogP contribution < -0.4 is 9.47 Å². The first-order valence-electron chi connectivity index (χ1n) is 28.0. The maximum absolute atomic E-state index is 13.6. The second-order valence-electron chi connectivity index (χ2n) is 26.1. The molecule has 0 aromatic carbocycles. The molecule has 0 bridgehead atoms. The van der Waals surface area contributed by atoms with Gasteiger partial charge < -0.3 is 29.2 Å². The van der Waals surface area contributed by atoms with Crippen LogP contribution in [0.1, 0.15) is 186 Å². The molecule has 3 N–H and O–H groups in total. The van der Waals surface area contributed by atoms with Gasteiger partial charge in [-0.1, -0.05) is 44.6 Å². The van der Waals surface area contributed by atoms with Crippen molar-refractivity contribution in [2.24, 2.45) is 80.8 Å². The van der Waals surface area contributed by atoms with Crippen molar-refractivity contribution in [3.63, 3.8) is 0 Å². The number of fused-ring (bicyclic) bond motifs is 10. The van der Waals surface area contributed by atoms with Crippen LogP contribution in [0.4, 0.5) is 0 Å². The minimum absolute atomic E-state index is 0. The maximum Gasteiger partial charge on any atom is 0.157 e. The maximum atomic E-state index is 13.6. The number of hydrogen-bond acceptors (Lipinski definition) is 10. The second-order valence-corrected chi connectivity index (χ2v) is 26.7. The molecule has 0 spiro atoms. The van der Waals surface area contributed by atoms with Gasteiger partial charge in [-0.25, -0.2) is 0 Å². The summed E-state index contributed by atoms with van der Waals surface area (Å²) in [6.45, 7) is 18.9. The average Bonchev–Trinajstić information content (AvgIpc) is 4.13. The molecular weight excluding hydrogens is 985 g/mol. The Morgan fingerprint density at radius 2 is 1.14 bits per heavy atom. The lowest BCUT2D eigenvalue weighted by atomic mass is 9.43. The van der Waals surface area contributed by atoms with Crippen LogP contribution in [0.25, 0.3) is 0 Å². The third-order valence-electron chi connectivity index (χ3n) is 21.2. The van der Waals surface area contributed by atoms with Crippen LogP contribution in [0.15, 0.2) is 24.8 Å². The number of ketones is 2. The van der Waals surface area contributed by atoms with Crippen molar-refractivity contribution in [3.8, 4) is 11.5 Å². The Labute approximate surface area is 449 Å². The van der Waals surface area contributed by atoms with Gasteiger partial charge in [0.15, 0.2) is 17.3 Å². The average molecular weight is 1090 g/mol. The minimum Gasteiger partial charge on any atom is -0.488 e. The Balaban J connectivity index is 0.000000203. The zero-order valence-corrected chi connectivity index (χ0v) is 46.9. The Hall–Kier alpha value is -2.32. The molecule has 2 heterocycles. The Kier molecular flexibility index (Phi) is 19.5. The number of nitrogens with zero attached hydrogens (tertiary/aromatic N) is 3. The van der Waals surface area contributed by atoms with E-state index in [0.717, 1.165) is 88.4 Å². The van der Waals surface area contributed by atoms with Gasteiger partial charge in [-0.15, -0.1) is 0 Å². The fraction of sp³-hybridized carbons (Fsp3) is 0.867. The van der Waals surface area contributed by atoms with Gasteiger partial charge in [0.2, 0.25) is 0 Å². The summed E-state index contributed by atoms with van der Waals surface area (Å²) < 4.78 is 24.5. The normalized spacial score (nSPS) is 41.0. The first-order chi connectivity index (χ1) is 33.6. The predicted molar refractivity (Wildman–Crippen MR) is 294 cm³/mol. The molecule has 8 aliphatic carbocycles. The highest BCUT2D eigenvalue weighted by molar-refractivity contribution is 9.09.